The standard InChI is InChI=1S/C16H19NO3/c1-4-5-8-17-9-13(11(3)18)12-7-6-10(2)14(15(12)17)16(19)20/h6-7,9H,4-5,8H2,1-3H3,(H,19,20). The fraction of sp³-hybridized carbons (Fsp3) is 0.375. The largest absolute Gasteiger partial charge is 0.478 e. The second-order valence-electron chi connectivity index (χ2n) is 5.10. The van der Waals surface area contributed by atoms with Crippen LogP contribution in [0.4, 0.5) is 0 Å². The molecule has 1 heterocycles. The molecule has 0 radical (unpaired) electrons. The molecule has 0 fully saturated rings. The zero-order valence-electron chi connectivity index (χ0n) is 12.1. The first-order chi connectivity index (χ1) is 9.47. The maximum atomic E-state index is 11.8. The Morgan fingerprint density at radius 2 is 2.00 bits per heavy atom. The number of carboxylic acid groups (broad SMARTS) is 1. The molecule has 106 valence electrons. The Morgan fingerprint density at radius 1 is 1.30 bits per heavy atom. The SMILES string of the molecule is CCCCn1cc(C(C)=O)c2ccc(C)c(C(=O)O)c21. The Morgan fingerprint density at radius 3 is 2.55 bits per heavy atom. The van der Waals surface area contributed by atoms with Gasteiger partial charge in [-0.1, -0.05) is 25.5 Å². The fourth-order valence-corrected chi connectivity index (χ4v) is 2.55. The molecule has 0 aliphatic heterocycles. The second-order valence-corrected chi connectivity index (χ2v) is 5.10. The van der Waals surface area contributed by atoms with Gasteiger partial charge in [0.25, 0.3) is 0 Å². The topological polar surface area (TPSA) is 59.3 Å². The second kappa shape index (κ2) is 5.49. The van der Waals surface area contributed by atoms with Gasteiger partial charge in [0.2, 0.25) is 0 Å². The number of hydrogen-bond acceptors (Lipinski definition) is 2. The molecule has 4 nitrogen and oxygen atoms in total. The molecule has 1 aromatic heterocycles. The van der Waals surface area contributed by atoms with E-state index in [1.54, 1.807) is 19.2 Å². The van der Waals surface area contributed by atoms with Crippen molar-refractivity contribution in [1.82, 2.24) is 4.57 Å². The highest BCUT2D eigenvalue weighted by Gasteiger charge is 2.19. The molecule has 2 aromatic rings. The van der Waals surface area contributed by atoms with Gasteiger partial charge in [-0.25, -0.2) is 4.79 Å². The van der Waals surface area contributed by atoms with E-state index >= 15 is 0 Å². The minimum Gasteiger partial charge on any atom is -0.478 e. The first-order valence-electron chi connectivity index (χ1n) is 6.84. The highest BCUT2D eigenvalue weighted by atomic mass is 16.4. The van der Waals surface area contributed by atoms with Crippen LogP contribution in [0.5, 0.6) is 0 Å². The molecule has 0 saturated carbocycles. The maximum absolute atomic E-state index is 11.8. The average Bonchev–Trinajstić information content (AvgIpc) is 2.74. The van der Waals surface area contributed by atoms with Crippen molar-refractivity contribution in [3.63, 3.8) is 0 Å². The van der Waals surface area contributed by atoms with Crippen molar-refractivity contribution in [2.24, 2.45) is 0 Å². The number of aromatic nitrogens is 1. The van der Waals surface area contributed by atoms with Crippen molar-refractivity contribution in [1.29, 1.82) is 0 Å². The van der Waals surface area contributed by atoms with Crippen molar-refractivity contribution < 1.29 is 14.7 Å². The van der Waals surface area contributed by atoms with Crippen LogP contribution in [0.2, 0.25) is 0 Å². The number of carbonyl (C=O) groups excluding carboxylic acids is 1. The lowest BCUT2D eigenvalue weighted by Crippen LogP contribution is -2.05. The Labute approximate surface area is 118 Å². The number of fused-ring (bicyclic) bond motifs is 1. The molecule has 4 heteroatoms. The van der Waals surface area contributed by atoms with Crippen LogP contribution in [0.15, 0.2) is 18.3 Å². The summed E-state index contributed by atoms with van der Waals surface area (Å²) in [6.45, 7) is 6.11. The quantitative estimate of drug-likeness (QED) is 0.846. The van der Waals surface area contributed by atoms with Crippen LogP contribution in [0.25, 0.3) is 10.9 Å². The van der Waals surface area contributed by atoms with Gasteiger partial charge < -0.3 is 9.67 Å². The van der Waals surface area contributed by atoms with Crippen molar-refractivity contribution in [3.05, 3.63) is 35.0 Å². The summed E-state index contributed by atoms with van der Waals surface area (Å²) in [7, 11) is 0. The first-order valence-corrected chi connectivity index (χ1v) is 6.84. The van der Waals surface area contributed by atoms with Gasteiger partial charge in [-0.15, -0.1) is 0 Å². The lowest BCUT2D eigenvalue weighted by Gasteiger charge is -2.09. The van der Waals surface area contributed by atoms with E-state index in [2.05, 4.69) is 6.92 Å². The highest BCUT2D eigenvalue weighted by molar-refractivity contribution is 6.12. The zero-order chi connectivity index (χ0) is 14.9. The third-order valence-electron chi connectivity index (χ3n) is 3.59. The molecule has 0 amide bonds. The molecule has 0 unspecified atom stereocenters. The number of aryl methyl sites for hydroxylation is 2. The predicted octanol–water partition coefficient (Wildman–Crippen LogP) is 3.65. The smallest absolute Gasteiger partial charge is 0.338 e. The summed E-state index contributed by atoms with van der Waals surface area (Å²) in [4.78, 5) is 23.3. The van der Waals surface area contributed by atoms with Crippen LogP contribution >= 0.6 is 0 Å². The van der Waals surface area contributed by atoms with E-state index in [4.69, 9.17) is 0 Å². The number of carbonyl (C=O) groups is 2. The van der Waals surface area contributed by atoms with Crippen LogP contribution in [0.1, 0.15) is 53.0 Å². The van der Waals surface area contributed by atoms with Crippen molar-refractivity contribution in [3.8, 4) is 0 Å². The van der Waals surface area contributed by atoms with Crippen LogP contribution in [-0.4, -0.2) is 21.4 Å². The number of nitrogens with zero attached hydrogens (tertiary/aromatic N) is 1. The number of benzene rings is 1. The van der Waals surface area contributed by atoms with Crippen molar-refractivity contribution in [2.75, 3.05) is 0 Å². The maximum Gasteiger partial charge on any atom is 0.338 e. The molecule has 1 aromatic carbocycles. The van der Waals surface area contributed by atoms with Gasteiger partial charge >= 0.3 is 5.97 Å². The highest BCUT2D eigenvalue weighted by Crippen LogP contribution is 2.28. The number of Topliss-reactive ketones (excluding diaryl/α,β-unsaturated/α-hetero) is 1. The molecule has 20 heavy (non-hydrogen) atoms. The molecule has 0 spiro atoms. The molecule has 2 rings (SSSR count). The molecular weight excluding hydrogens is 254 g/mol. The third kappa shape index (κ3) is 2.33. The van der Waals surface area contributed by atoms with Crippen molar-refractivity contribution >= 4 is 22.7 Å². The molecule has 0 atom stereocenters. The van der Waals surface area contributed by atoms with E-state index in [9.17, 15) is 14.7 Å². The molecule has 0 saturated heterocycles. The Balaban J connectivity index is 2.80. The van der Waals surface area contributed by atoms with Crippen LogP contribution in [0, 0.1) is 6.92 Å². The van der Waals surface area contributed by atoms with Crippen LogP contribution < -0.4 is 0 Å². The van der Waals surface area contributed by atoms with E-state index in [0.717, 1.165) is 30.3 Å². The van der Waals surface area contributed by atoms with Crippen LogP contribution in [0.3, 0.4) is 0 Å². The normalized spacial score (nSPS) is 10.9. The monoisotopic (exact) mass is 273 g/mol. The first kappa shape index (κ1) is 14.3. The number of aromatic carboxylic acids is 1. The molecule has 0 aliphatic carbocycles. The number of ketones is 1. The number of hydrogen-bond donors (Lipinski definition) is 1. The fourth-order valence-electron chi connectivity index (χ4n) is 2.55. The van der Waals surface area contributed by atoms with Crippen LogP contribution in [-0.2, 0) is 6.54 Å². The Hall–Kier alpha value is -2.10. The lowest BCUT2D eigenvalue weighted by molar-refractivity contribution is 0.0697. The number of unbranched alkanes of at least 4 members (excludes halogenated alkanes) is 1. The average molecular weight is 273 g/mol. The van der Waals surface area contributed by atoms with E-state index in [1.165, 1.54) is 6.92 Å². The summed E-state index contributed by atoms with van der Waals surface area (Å²) in [5.74, 6) is -0.982. The molecular formula is C16H19NO3. The van der Waals surface area contributed by atoms with Gasteiger partial charge in [0, 0.05) is 23.7 Å². The van der Waals surface area contributed by atoms with Gasteiger partial charge in [-0.3, -0.25) is 4.79 Å². The predicted molar refractivity (Wildman–Crippen MR) is 78.5 cm³/mol. The van der Waals surface area contributed by atoms with Gasteiger partial charge in [0.1, 0.15) is 0 Å². The molecule has 1 N–H and O–H groups in total. The summed E-state index contributed by atoms with van der Waals surface area (Å²) in [5.41, 5.74) is 2.27. The van der Waals surface area contributed by atoms with Gasteiger partial charge in [-0.05, 0) is 25.8 Å². The van der Waals surface area contributed by atoms with Gasteiger partial charge in [-0.2, -0.15) is 0 Å². The summed E-state index contributed by atoms with van der Waals surface area (Å²) in [6, 6.07) is 3.61. The molecule has 0 aliphatic rings. The van der Waals surface area contributed by atoms with Gasteiger partial charge in [0.15, 0.2) is 5.78 Å². The summed E-state index contributed by atoms with van der Waals surface area (Å²) >= 11 is 0. The zero-order valence-corrected chi connectivity index (χ0v) is 12.1. The Kier molecular flexibility index (Phi) is 3.93. The minimum atomic E-state index is -0.945. The van der Waals surface area contributed by atoms with E-state index in [0.29, 0.717) is 16.6 Å². The van der Waals surface area contributed by atoms with E-state index < -0.39 is 5.97 Å². The van der Waals surface area contributed by atoms with E-state index in [-0.39, 0.29) is 5.78 Å². The molecule has 0 bridgehead atoms. The lowest BCUT2D eigenvalue weighted by atomic mass is 10.0. The number of rotatable bonds is 5. The third-order valence-corrected chi connectivity index (χ3v) is 3.59. The summed E-state index contributed by atoms with van der Waals surface area (Å²) in [5, 5.41) is 10.2. The number of carboxylic acids is 1. The van der Waals surface area contributed by atoms with Crippen molar-refractivity contribution in [2.45, 2.75) is 40.2 Å². The van der Waals surface area contributed by atoms with E-state index in [1.807, 2.05) is 10.6 Å². The Bertz CT molecular complexity index is 683. The summed E-state index contributed by atoms with van der Waals surface area (Å²) in [6.07, 6.45) is 3.76. The van der Waals surface area contributed by atoms with Gasteiger partial charge in [0.05, 0.1) is 11.1 Å². The minimum absolute atomic E-state index is 0.0366. The summed E-state index contributed by atoms with van der Waals surface area (Å²) < 4.78 is 1.91.